The van der Waals surface area contributed by atoms with Crippen molar-refractivity contribution in [1.82, 2.24) is 14.5 Å². The fourth-order valence-electron chi connectivity index (χ4n) is 5.19. The highest BCUT2D eigenvalue weighted by atomic mass is 16.2. The van der Waals surface area contributed by atoms with Gasteiger partial charge in [-0.3, -0.25) is 4.79 Å². The largest absolute Gasteiger partial charge is 0.353 e. The Labute approximate surface area is 165 Å². The van der Waals surface area contributed by atoms with Crippen LogP contribution >= 0.6 is 0 Å². The lowest BCUT2D eigenvalue weighted by molar-refractivity contribution is -0.132. The predicted molar refractivity (Wildman–Crippen MR) is 112 cm³/mol. The molecule has 2 aliphatic heterocycles. The minimum absolute atomic E-state index is 0.00822. The smallest absolute Gasteiger partial charge is 0.244 e. The van der Waals surface area contributed by atoms with Crippen molar-refractivity contribution in [3.05, 3.63) is 59.4 Å². The van der Waals surface area contributed by atoms with Gasteiger partial charge in [0.25, 0.3) is 0 Å². The highest BCUT2D eigenvalue weighted by Gasteiger charge is 2.54. The molecule has 0 bridgehead atoms. The van der Waals surface area contributed by atoms with Crippen LogP contribution in [0.5, 0.6) is 0 Å². The molecule has 1 amide bonds. The Balaban J connectivity index is 1.46. The second-order valence-corrected chi connectivity index (χ2v) is 8.55. The summed E-state index contributed by atoms with van der Waals surface area (Å²) in [7, 11) is 2.11. The second-order valence-electron chi connectivity index (χ2n) is 8.55. The van der Waals surface area contributed by atoms with E-state index in [1.54, 1.807) is 6.33 Å². The minimum atomic E-state index is -0.00822. The van der Waals surface area contributed by atoms with E-state index < -0.39 is 0 Å². The van der Waals surface area contributed by atoms with Crippen LogP contribution in [0.25, 0.3) is 11.0 Å². The molecule has 0 radical (unpaired) electrons. The van der Waals surface area contributed by atoms with E-state index in [0.29, 0.717) is 6.54 Å². The van der Waals surface area contributed by atoms with Gasteiger partial charge in [0.2, 0.25) is 5.91 Å². The number of benzene rings is 2. The molecule has 1 aromatic heterocycles. The van der Waals surface area contributed by atoms with Crippen molar-refractivity contribution in [3.8, 4) is 0 Å². The number of likely N-dealkylation sites (tertiary alicyclic amines) is 1. The van der Waals surface area contributed by atoms with Crippen LogP contribution in [0.15, 0.2) is 42.7 Å². The second kappa shape index (κ2) is 5.84. The average molecular weight is 374 g/mol. The molecule has 0 N–H and O–H groups in total. The van der Waals surface area contributed by atoms with Gasteiger partial charge < -0.3 is 14.4 Å². The van der Waals surface area contributed by atoms with Crippen LogP contribution in [-0.4, -0.2) is 40.1 Å². The van der Waals surface area contributed by atoms with E-state index in [9.17, 15) is 4.79 Å². The first-order valence-corrected chi connectivity index (χ1v) is 9.94. The third-order valence-electron chi connectivity index (χ3n) is 6.87. The van der Waals surface area contributed by atoms with Crippen molar-refractivity contribution < 1.29 is 4.79 Å². The molecule has 3 aromatic rings. The molecule has 0 spiro atoms. The summed E-state index contributed by atoms with van der Waals surface area (Å²) in [5, 5.41) is 0. The Morgan fingerprint density at radius 2 is 1.96 bits per heavy atom. The number of likely N-dealkylation sites (N-methyl/N-ethyl adjacent to an activating group) is 1. The fourth-order valence-corrected chi connectivity index (χ4v) is 5.19. The summed E-state index contributed by atoms with van der Waals surface area (Å²) >= 11 is 0. The Kier molecular flexibility index (Phi) is 3.60. The maximum absolute atomic E-state index is 13.3. The van der Waals surface area contributed by atoms with E-state index in [4.69, 9.17) is 0 Å². The number of aryl methyl sites for hydroxylation is 2. The van der Waals surface area contributed by atoms with Crippen LogP contribution < -0.4 is 4.90 Å². The highest BCUT2D eigenvalue weighted by molar-refractivity contribution is 5.83. The molecule has 1 fully saturated rings. The quantitative estimate of drug-likeness (QED) is 0.688. The predicted octanol–water partition coefficient (Wildman–Crippen LogP) is 3.62. The van der Waals surface area contributed by atoms with Gasteiger partial charge in [-0.15, -0.1) is 0 Å². The number of fused-ring (bicyclic) bond motifs is 4. The third kappa shape index (κ3) is 2.25. The molecule has 5 rings (SSSR count). The Bertz CT molecular complexity index is 1100. The molecule has 2 atom stereocenters. The normalized spacial score (nSPS) is 23.4. The van der Waals surface area contributed by atoms with Crippen molar-refractivity contribution in [1.29, 1.82) is 0 Å². The summed E-state index contributed by atoms with van der Waals surface area (Å²) in [6.45, 7) is 7.62. The molecule has 1 saturated heterocycles. The first kappa shape index (κ1) is 17.3. The maximum atomic E-state index is 13.3. The zero-order chi connectivity index (χ0) is 19.6. The van der Waals surface area contributed by atoms with E-state index in [1.807, 2.05) is 4.57 Å². The fraction of sp³-hybridized carbons (Fsp3) is 0.391. The number of anilines is 1. The molecular weight excluding hydrogens is 348 g/mol. The molecule has 2 unspecified atom stereocenters. The monoisotopic (exact) mass is 374 g/mol. The van der Waals surface area contributed by atoms with Crippen molar-refractivity contribution in [2.24, 2.45) is 0 Å². The third-order valence-corrected chi connectivity index (χ3v) is 6.87. The lowest BCUT2D eigenvalue weighted by Gasteiger charge is -2.34. The van der Waals surface area contributed by atoms with Gasteiger partial charge in [0.15, 0.2) is 0 Å². The van der Waals surface area contributed by atoms with Gasteiger partial charge in [0.1, 0.15) is 12.7 Å². The van der Waals surface area contributed by atoms with E-state index in [0.717, 1.165) is 24.0 Å². The summed E-state index contributed by atoms with van der Waals surface area (Å²) in [6.07, 6.45) is 2.87. The molecule has 5 nitrogen and oxygen atoms in total. The number of nitrogens with zero attached hydrogens (tertiary/aromatic N) is 4. The number of carbonyl (C=O) groups is 1. The van der Waals surface area contributed by atoms with Crippen molar-refractivity contribution in [2.75, 3.05) is 18.5 Å². The standard InChI is InChI=1S/C23H26N4O/c1-15-11-18-20(12-16(15)2)26(14-24-18)13-21(28)27-10-9-23(3)17-7-5-6-8-19(17)25(4)22(23)27/h5-8,11-12,14,22H,9-10,13H2,1-4H3. The molecule has 0 aliphatic carbocycles. The molecule has 5 heteroatoms. The number of hydrogen-bond acceptors (Lipinski definition) is 3. The molecule has 0 saturated carbocycles. The van der Waals surface area contributed by atoms with Crippen LogP contribution in [-0.2, 0) is 16.8 Å². The first-order chi connectivity index (χ1) is 13.4. The van der Waals surface area contributed by atoms with Gasteiger partial charge in [-0.05, 0) is 55.2 Å². The number of para-hydroxylation sites is 1. The van der Waals surface area contributed by atoms with Crippen LogP contribution in [0.3, 0.4) is 0 Å². The molecule has 3 heterocycles. The summed E-state index contributed by atoms with van der Waals surface area (Å²) in [5.74, 6) is 0.158. The number of imidazole rings is 1. The van der Waals surface area contributed by atoms with E-state index in [-0.39, 0.29) is 17.5 Å². The molecular formula is C23H26N4O. The van der Waals surface area contributed by atoms with Gasteiger partial charge in [0, 0.05) is 24.7 Å². The zero-order valence-corrected chi connectivity index (χ0v) is 16.9. The van der Waals surface area contributed by atoms with Gasteiger partial charge in [-0.25, -0.2) is 4.98 Å². The highest BCUT2D eigenvalue weighted by Crippen LogP contribution is 2.51. The Morgan fingerprint density at radius 1 is 1.21 bits per heavy atom. The first-order valence-electron chi connectivity index (χ1n) is 9.94. The number of rotatable bonds is 2. The van der Waals surface area contributed by atoms with Crippen LogP contribution in [0.2, 0.25) is 0 Å². The average Bonchev–Trinajstić information content (AvgIpc) is 3.29. The number of hydrogen-bond donors (Lipinski definition) is 0. The van der Waals surface area contributed by atoms with Crippen molar-refractivity contribution in [2.45, 2.75) is 45.3 Å². The number of aromatic nitrogens is 2. The van der Waals surface area contributed by atoms with E-state index in [1.165, 1.54) is 22.4 Å². The number of carbonyl (C=O) groups excluding carboxylic acids is 1. The van der Waals surface area contributed by atoms with Crippen LogP contribution in [0.4, 0.5) is 5.69 Å². The maximum Gasteiger partial charge on any atom is 0.244 e. The molecule has 2 aliphatic rings. The minimum Gasteiger partial charge on any atom is -0.353 e. The van der Waals surface area contributed by atoms with E-state index in [2.05, 4.69) is 79.0 Å². The summed E-state index contributed by atoms with van der Waals surface area (Å²) in [5.41, 5.74) is 7.02. The Morgan fingerprint density at radius 3 is 2.79 bits per heavy atom. The summed E-state index contributed by atoms with van der Waals surface area (Å²) in [6, 6.07) is 12.8. The summed E-state index contributed by atoms with van der Waals surface area (Å²) < 4.78 is 1.99. The zero-order valence-electron chi connectivity index (χ0n) is 16.9. The van der Waals surface area contributed by atoms with Crippen molar-refractivity contribution in [3.63, 3.8) is 0 Å². The lowest BCUT2D eigenvalue weighted by atomic mass is 9.81. The van der Waals surface area contributed by atoms with Gasteiger partial charge in [0.05, 0.1) is 17.4 Å². The molecule has 28 heavy (non-hydrogen) atoms. The molecule has 2 aromatic carbocycles. The SMILES string of the molecule is Cc1cc2ncn(CC(=O)N3CCC4(C)c5ccccc5N(C)C34)c2cc1C. The van der Waals surface area contributed by atoms with Gasteiger partial charge in [-0.1, -0.05) is 25.1 Å². The van der Waals surface area contributed by atoms with Gasteiger partial charge in [-0.2, -0.15) is 0 Å². The van der Waals surface area contributed by atoms with Crippen LogP contribution in [0.1, 0.15) is 30.0 Å². The topological polar surface area (TPSA) is 41.4 Å². The van der Waals surface area contributed by atoms with Gasteiger partial charge >= 0.3 is 0 Å². The van der Waals surface area contributed by atoms with Crippen LogP contribution in [0, 0.1) is 13.8 Å². The summed E-state index contributed by atoms with van der Waals surface area (Å²) in [4.78, 5) is 22.2. The lowest BCUT2D eigenvalue weighted by Crippen LogP contribution is -2.50. The van der Waals surface area contributed by atoms with Crippen molar-refractivity contribution >= 4 is 22.6 Å². The Hall–Kier alpha value is -2.82. The number of amides is 1. The van der Waals surface area contributed by atoms with E-state index >= 15 is 0 Å². The molecule has 144 valence electrons.